The maximum Gasteiger partial charge on any atom is 0.0595 e. The van der Waals surface area contributed by atoms with Gasteiger partial charge >= 0.3 is 0 Å². The molecule has 0 amide bonds. The van der Waals surface area contributed by atoms with Crippen LogP contribution in [-0.4, -0.2) is 49.8 Å². The van der Waals surface area contributed by atoms with Crippen LogP contribution < -0.4 is 5.32 Å². The minimum Gasteiger partial charge on any atom is -0.381 e. The number of rotatable bonds is 5. The summed E-state index contributed by atoms with van der Waals surface area (Å²) in [4.78, 5) is 2.59. The number of likely N-dealkylation sites (tertiary alicyclic amines) is 1. The summed E-state index contributed by atoms with van der Waals surface area (Å²) >= 11 is 0. The summed E-state index contributed by atoms with van der Waals surface area (Å²) < 4.78 is 5.39. The normalized spacial score (nSPS) is 26.8. The fourth-order valence-electron chi connectivity index (χ4n) is 2.31. The molecule has 1 heterocycles. The van der Waals surface area contributed by atoms with Crippen molar-refractivity contribution in [1.29, 1.82) is 0 Å². The van der Waals surface area contributed by atoms with Crippen molar-refractivity contribution in [1.82, 2.24) is 10.2 Å². The van der Waals surface area contributed by atoms with Gasteiger partial charge in [-0.05, 0) is 32.6 Å². The topological polar surface area (TPSA) is 24.5 Å². The molecule has 1 N–H and O–H groups in total. The molecule has 0 aromatic heterocycles. The average molecular weight is 212 g/mol. The predicted molar refractivity (Wildman–Crippen MR) is 62.1 cm³/mol. The van der Waals surface area contributed by atoms with Gasteiger partial charge in [0.15, 0.2) is 0 Å². The number of methoxy groups -OCH3 is 1. The van der Waals surface area contributed by atoms with E-state index in [2.05, 4.69) is 17.1 Å². The van der Waals surface area contributed by atoms with Crippen molar-refractivity contribution in [3.8, 4) is 0 Å². The molecule has 3 nitrogen and oxygen atoms in total. The second-order valence-electron chi connectivity index (χ2n) is 5.00. The molecule has 2 rings (SSSR count). The van der Waals surface area contributed by atoms with Gasteiger partial charge in [-0.1, -0.05) is 0 Å². The van der Waals surface area contributed by atoms with Crippen molar-refractivity contribution >= 4 is 0 Å². The van der Waals surface area contributed by atoms with E-state index in [0.29, 0.717) is 12.1 Å². The predicted octanol–water partition coefficient (Wildman–Crippen LogP) is 1.24. The summed E-state index contributed by atoms with van der Waals surface area (Å²) in [7, 11) is 1.83. The van der Waals surface area contributed by atoms with E-state index in [1.165, 1.54) is 38.8 Å². The number of piperidine rings is 1. The molecule has 15 heavy (non-hydrogen) atoms. The molecule has 0 radical (unpaired) electrons. The van der Waals surface area contributed by atoms with Crippen molar-refractivity contribution < 1.29 is 4.74 Å². The number of hydrogen-bond donors (Lipinski definition) is 1. The second kappa shape index (κ2) is 5.28. The van der Waals surface area contributed by atoms with Gasteiger partial charge in [0.1, 0.15) is 0 Å². The molecule has 2 aliphatic rings. The molecular formula is C12H24N2O. The molecule has 1 saturated carbocycles. The molecule has 0 bridgehead atoms. The molecule has 0 aromatic rings. The van der Waals surface area contributed by atoms with E-state index >= 15 is 0 Å². The molecule has 88 valence electrons. The fraction of sp³-hybridized carbons (Fsp3) is 1.00. The van der Waals surface area contributed by atoms with Crippen LogP contribution in [0.15, 0.2) is 0 Å². The molecule has 0 aromatic carbocycles. The molecule has 0 spiro atoms. The first kappa shape index (κ1) is 11.4. The Morgan fingerprint density at radius 3 is 2.47 bits per heavy atom. The standard InChI is InChI=1S/C12H24N2O/c1-10(9-13-11-3-4-11)14-7-5-12(15-2)6-8-14/h10-13H,3-9H2,1-2H3. The van der Waals surface area contributed by atoms with Crippen molar-refractivity contribution in [2.24, 2.45) is 0 Å². The highest BCUT2D eigenvalue weighted by Gasteiger charge is 2.25. The Kier molecular flexibility index (Phi) is 4.00. The quantitative estimate of drug-likeness (QED) is 0.742. The first-order chi connectivity index (χ1) is 7.29. The van der Waals surface area contributed by atoms with E-state index in [4.69, 9.17) is 4.74 Å². The Morgan fingerprint density at radius 1 is 1.27 bits per heavy atom. The van der Waals surface area contributed by atoms with Gasteiger partial charge < -0.3 is 10.1 Å². The first-order valence-electron chi connectivity index (χ1n) is 6.30. The van der Waals surface area contributed by atoms with Crippen LogP contribution in [-0.2, 0) is 4.74 Å². The number of nitrogens with one attached hydrogen (secondary N) is 1. The maximum atomic E-state index is 5.39. The van der Waals surface area contributed by atoms with Crippen LogP contribution in [0.2, 0.25) is 0 Å². The van der Waals surface area contributed by atoms with Crippen molar-refractivity contribution in [2.45, 2.75) is 50.8 Å². The summed E-state index contributed by atoms with van der Waals surface area (Å²) in [6, 6.07) is 1.52. The van der Waals surface area contributed by atoms with Gasteiger partial charge in [-0.3, -0.25) is 4.90 Å². The largest absolute Gasteiger partial charge is 0.381 e. The average Bonchev–Trinajstić information content (AvgIpc) is 3.10. The molecular weight excluding hydrogens is 188 g/mol. The lowest BCUT2D eigenvalue weighted by Gasteiger charge is -2.35. The van der Waals surface area contributed by atoms with Gasteiger partial charge in [0.05, 0.1) is 6.10 Å². The third kappa shape index (κ3) is 3.44. The highest BCUT2D eigenvalue weighted by Crippen LogP contribution is 2.19. The van der Waals surface area contributed by atoms with Crippen molar-refractivity contribution in [3.63, 3.8) is 0 Å². The first-order valence-corrected chi connectivity index (χ1v) is 6.30. The Balaban J connectivity index is 1.64. The summed E-state index contributed by atoms with van der Waals surface area (Å²) in [5, 5.41) is 3.61. The fourth-order valence-corrected chi connectivity index (χ4v) is 2.31. The molecule has 1 atom stereocenters. The minimum absolute atomic E-state index is 0.504. The molecule has 2 fully saturated rings. The second-order valence-corrected chi connectivity index (χ2v) is 5.00. The molecule has 1 aliphatic heterocycles. The third-order valence-electron chi connectivity index (χ3n) is 3.71. The minimum atomic E-state index is 0.504. The summed E-state index contributed by atoms with van der Waals surface area (Å²) in [5.41, 5.74) is 0. The summed E-state index contributed by atoms with van der Waals surface area (Å²) in [6.45, 7) is 5.89. The Labute approximate surface area is 93.2 Å². The zero-order chi connectivity index (χ0) is 10.7. The Hall–Kier alpha value is -0.120. The highest BCUT2D eigenvalue weighted by atomic mass is 16.5. The van der Waals surface area contributed by atoms with E-state index in [-0.39, 0.29) is 0 Å². The van der Waals surface area contributed by atoms with Crippen LogP contribution in [0.1, 0.15) is 32.6 Å². The Morgan fingerprint density at radius 2 is 1.93 bits per heavy atom. The number of ether oxygens (including phenoxy) is 1. The SMILES string of the molecule is COC1CCN(C(C)CNC2CC2)CC1. The van der Waals surface area contributed by atoms with E-state index in [9.17, 15) is 0 Å². The lowest BCUT2D eigenvalue weighted by atomic mass is 10.1. The summed E-state index contributed by atoms with van der Waals surface area (Å²) in [6.07, 6.45) is 5.68. The van der Waals surface area contributed by atoms with Crippen LogP contribution >= 0.6 is 0 Å². The van der Waals surface area contributed by atoms with Gasteiger partial charge in [0.2, 0.25) is 0 Å². The van der Waals surface area contributed by atoms with Crippen LogP contribution in [0.5, 0.6) is 0 Å². The number of nitrogens with zero attached hydrogens (tertiary/aromatic N) is 1. The van der Waals surface area contributed by atoms with E-state index < -0.39 is 0 Å². The third-order valence-corrected chi connectivity index (χ3v) is 3.71. The van der Waals surface area contributed by atoms with Gasteiger partial charge in [-0.15, -0.1) is 0 Å². The maximum absolute atomic E-state index is 5.39. The van der Waals surface area contributed by atoms with Crippen molar-refractivity contribution in [3.05, 3.63) is 0 Å². The van der Waals surface area contributed by atoms with Crippen LogP contribution in [0.4, 0.5) is 0 Å². The molecule has 1 saturated heterocycles. The van der Waals surface area contributed by atoms with Crippen LogP contribution in [0.25, 0.3) is 0 Å². The molecule has 1 unspecified atom stereocenters. The van der Waals surface area contributed by atoms with Gasteiger partial charge in [0, 0.05) is 38.8 Å². The highest BCUT2D eigenvalue weighted by molar-refractivity contribution is 4.84. The van der Waals surface area contributed by atoms with E-state index in [1.807, 2.05) is 7.11 Å². The zero-order valence-corrected chi connectivity index (χ0v) is 10.0. The molecule has 1 aliphatic carbocycles. The van der Waals surface area contributed by atoms with E-state index in [1.54, 1.807) is 0 Å². The van der Waals surface area contributed by atoms with Gasteiger partial charge in [-0.25, -0.2) is 0 Å². The van der Waals surface area contributed by atoms with E-state index in [0.717, 1.165) is 12.6 Å². The number of hydrogen-bond acceptors (Lipinski definition) is 3. The van der Waals surface area contributed by atoms with Crippen LogP contribution in [0, 0.1) is 0 Å². The van der Waals surface area contributed by atoms with Gasteiger partial charge in [-0.2, -0.15) is 0 Å². The van der Waals surface area contributed by atoms with Crippen molar-refractivity contribution in [2.75, 3.05) is 26.7 Å². The monoisotopic (exact) mass is 212 g/mol. The lowest BCUT2D eigenvalue weighted by Crippen LogP contribution is -2.46. The molecule has 3 heteroatoms. The van der Waals surface area contributed by atoms with Crippen LogP contribution in [0.3, 0.4) is 0 Å². The summed E-state index contributed by atoms with van der Waals surface area (Å²) in [5.74, 6) is 0. The zero-order valence-electron chi connectivity index (χ0n) is 10.0. The smallest absolute Gasteiger partial charge is 0.0595 e. The van der Waals surface area contributed by atoms with Gasteiger partial charge in [0.25, 0.3) is 0 Å². The lowest BCUT2D eigenvalue weighted by molar-refractivity contribution is 0.0297. The Bertz CT molecular complexity index is 186.